The number of aliphatic hydroxyl groups is 1. The molecule has 2 amide bonds. The quantitative estimate of drug-likeness (QED) is 0.155. The van der Waals surface area contributed by atoms with Crippen LogP contribution in [0.1, 0.15) is 60.0 Å². The number of likely N-dealkylation sites (tertiary alicyclic amines) is 1. The normalized spacial score (nSPS) is 20.5. The molecule has 0 bridgehead atoms. The van der Waals surface area contributed by atoms with Gasteiger partial charge in [-0.1, -0.05) is 78.9 Å². The van der Waals surface area contributed by atoms with E-state index in [-0.39, 0.29) is 36.6 Å². The Morgan fingerprint density at radius 3 is 2.29 bits per heavy atom. The first-order chi connectivity index (χ1) is 23.5. The minimum Gasteiger partial charge on any atom is -0.392 e. The molecule has 10 nitrogen and oxygen atoms in total. The Labute approximate surface area is 279 Å². The van der Waals surface area contributed by atoms with Gasteiger partial charge in [0, 0.05) is 49.9 Å². The second-order valence-electron chi connectivity index (χ2n) is 12.6. The van der Waals surface area contributed by atoms with Crippen LogP contribution in [-0.4, -0.2) is 51.3 Å². The molecule has 7 rings (SSSR count). The second-order valence-corrected chi connectivity index (χ2v) is 12.6. The van der Waals surface area contributed by atoms with E-state index in [0.29, 0.717) is 18.7 Å². The van der Waals surface area contributed by atoms with Gasteiger partial charge in [-0.25, -0.2) is 9.59 Å². The van der Waals surface area contributed by atoms with Crippen molar-refractivity contribution < 1.29 is 19.4 Å². The van der Waals surface area contributed by atoms with Gasteiger partial charge in [0.1, 0.15) is 0 Å². The Bertz CT molecular complexity index is 1860. The fourth-order valence-electron chi connectivity index (χ4n) is 6.79. The highest BCUT2D eigenvalue weighted by Crippen LogP contribution is 2.39. The zero-order chi connectivity index (χ0) is 32.9. The van der Waals surface area contributed by atoms with Gasteiger partial charge in [0.2, 0.25) is 0 Å². The number of hydrogen-bond donors (Lipinski definition) is 4. The SMILES string of the molecule is O=C(NCc1ccccc1)Nc1ccc([C@H]2O[C@@H](CN3CCC(n4c(=O)[nH]c5ccccc54)CC3)C[C@@H](c3ccc(CO)cc3)O2)cc1. The molecule has 0 aliphatic carbocycles. The maximum absolute atomic E-state index is 12.8. The van der Waals surface area contributed by atoms with Crippen LogP contribution in [0.25, 0.3) is 11.0 Å². The molecule has 5 aromatic rings. The predicted octanol–water partition coefficient (Wildman–Crippen LogP) is 6.03. The zero-order valence-electron chi connectivity index (χ0n) is 26.8. The molecule has 2 fully saturated rings. The molecule has 4 N–H and O–H groups in total. The molecule has 2 aliphatic rings. The molecule has 2 aliphatic heterocycles. The summed E-state index contributed by atoms with van der Waals surface area (Å²) in [4.78, 5) is 30.7. The fraction of sp³-hybridized carbons (Fsp3) is 0.316. The third-order valence-corrected chi connectivity index (χ3v) is 9.36. The number of fused-ring (bicyclic) bond motifs is 1. The molecule has 3 heterocycles. The molecule has 10 heteroatoms. The van der Waals surface area contributed by atoms with Crippen molar-refractivity contribution in [3.63, 3.8) is 0 Å². The number of anilines is 1. The number of hydrogen-bond acceptors (Lipinski definition) is 6. The number of amides is 2. The number of aromatic amines is 1. The minimum absolute atomic E-state index is 0.00848. The Hall–Kier alpha value is -4.74. The summed E-state index contributed by atoms with van der Waals surface area (Å²) in [5.41, 5.74) is 6.24. The lowest BCUT2D eigenvalue weighted by Gasteiger charge is -2.40. The van der Waals surface area contributed by atoms with Crippen LogP contribution in [-0.2, 0) is 22.6 Å². The summed E-state index contributed by atoms with van der Waals surface area (Å²) in [6.07, 6.45) is 1.60. The van der Waals surface area contributed by atoms with E-state index in [1.165, 1.54) is 0 Å². The van der Waals surface area contributed by atoms with E-state index in [1.54, 1.807) is 0 Å². The summed E-state index contributed by atoms with van der Waals surface area (Å²) in [5, 5.41) is 15.3. The number of carbonyl (C=O) groups excluding carboxylic acids is 1. The van der Waals surface area contributed by atoms with Gasteiger partial charge >= 0.3 is 11.7 Å². The second kappa shape index (κ2) is 14.6. The van der Waals surface area contributed by atoms with E-state index in [0.717, 1.165) is 65.8 Å². The molecule has 0 unspecified atom stereocenters. The number of imidazole rings is 1. The summed E-state index contributed by atoms with van der Waals surface area (Å²) in [7, 11) is 0. The first-order valence-corrected chi connectivity index (χ1v) is 16.6. The van der Waals surface area contributed by atoms with Crippen LogP contribution < -0.4 is 16.3 Å². The van der Waals surface area contributed by atoms with Crippen molar-refractivity contribution in [1.82, 2.24) is 19.8 Å². The van der Waals surface area contributed by atoms with E-state index in [2.05, 4.69) is 20.5 Å². The van der Waals surface area contributed by atoms with E-state index in [1.807, 2.05) is 108 Å². The number of para-hydroxylation sites is 2. The van der Waals surface area contributed by atoms with Crippen LogP contribution >= 0.6 is 0 Å². The molecule has 0 radical (unpaired) electrons. The lowest BCUT2D eigenvalue weighted by atomic mass is 9.98. The van der Waals surface area contributed by atoms with Crippen LogP contribution in [0.4, 0.5) is 10.5 Å². The van der Waals surface area contributed by atoms with Crippen molar-refractivity contribution in [2.45, 2.75) is 57.0 Å². The number of aromatic nitrogens is 2. The van der Waals surface area contributed by atoms with Crippen molar-refractivity contribution in [1.29, 1.82) is 0 Å². The molecule has 248 valence electrons. The third kappa shape index (κ3) is 7.37. The van der Waals surface area contributed by atoms with Crippen LogP contribution in [0, 0.1) is 0 Å². The summed E-state index contributed by atoms with van der Waals surface area (Å²) in [6, 6.07) is 33.0. The minimum atomic E-state index is -0.588. The highest BCUT2D eigenvalue weighted by molar-refractivity contribution is 5.89. The van der Waals surface area contributed by atoms with Gasteiger partial charge in [-0.15, -0.1) is 0 Å². The number of piperidine rings is 1. The Balaban J connectivity index is 1.01. The predicted molar refractivity (Wildman–Crippen MR) is 184 cm³/mol. The van der Waals surface area contributed by atoms with Gasteiger partial charge in [-0.05, 0) is 53.8 Å². The van der Waals surface area contributed by atoms with E-state index < -0.39 is 6.29 Å². The molecule has 1 aromatic heterocycles. The Kier molecular flexibility index (Phi) is 9.67. The lowest BCUT2D eigenvalue weighted by Crippen LogP contribution is -2.43. The van der Waals surface area contributed by atoms with Gasteiger partial charge in [-0.2, -0.15) is 0 Å². The monoisotopic (exact) mass is 647 g/mol. The standard InChI is InChI=1S/C38H41N5O5/c44-25-27-10-12-28(13-11-27)35-22-32(24-42-20-18-31(19-21-42)43-34-9-5-4-8-33(34)41-38(43)46)47-36(48-35)29-14-16-30(17-15-29)40-37(45)39-23-26-6-2-1-3-7-26/h1-17,31-32,35-36,44H,18-25H2,(H,41,46)(H2,39,40,45)/t32-,35+,36+/m1/s1. The van der Waals surface area contributed by atoms with E-state index in [4.69, 9.17) is 9.47 Å². The number of benzene rings is 4. The molecule has 48 heavy (non-hydrogen) atoms. The molecule has 3 atom stereocenters. The first-order valence-electron chi connectivity index (χ1n) is 16.6. The van der Waals surface area contributed by atoms with Gasteiger partial charge < -0.3 is 35.1 Å². The number of nitrogens with one attached hydrogen (secondary N) is 3. The summed E-state index contributed by atoms with van der Waals surface area (Å²) in [5.74, 6) is 0. The van der Waals surface area contributed by atoms with E-state index in [9.17, 15) is 14.7 Å². The molecule has 4 aromatic carbocycles. The summed E-state index contributed by atoms with van der Waals surface area (Å²) < 4.78 is 15.0. The van der Waals surface area contributed by atoms with Crippen molar-refractivity contribution in [3.05, 3.63) is 136 Å². The largest absolute Gasteiger partial charge is 0.392 e. The highest BCUT2D eigenvalue weighted by atomic mass is 16.7. The Morgan fingerprint density at radius 1 is 0.833 bits per heavy atom. The fourth-order valence-corrected chi connectivity index (χ4v) is 6.79. The van der Waals surface area contributed by atoms with Crippen molar-refractivity contribution in [3.8, 4) is 0 Å². The molecule has 2 saturated heterocycles. The maximum atomic E-state index is 12.8. The van der Waals surface area contributed by atoms with Crippen molar-refractivity contribution in [2.75, 3.05) is 25.0 Å². The first kappa shape index (κ1) is 31.8. The summed E-state index contributed by atoms with van der Waals surface area (Å²) in [6.45, 7) is 2.91. The van der Waals surface area contributed by atoms with Gasteiger partial charge in [0.25, 0.3) is 0 Å². The summed E-state index contributed by atoms with van der Waals surface area (Å²) >= 11 is 0. The average Bonchev–Trinajstić information content (AvgIpc) is 3.47. The van der Waals surface area contributed by atoms with Gasteiger partial charge in [-0.3, -0.25) is 4.57 Å². The molecule has 0 saturated carbocycles. The number of ether oxygens (including phenoxy) is 2. The van der Waals surface area contributed by atoms with E-state index >= 15 is 0 Å². The maximum Gasteiger partial charge on any atom is 0.326 e. The van der Waals surface area contributed by atoms with Crippen molar-refractivity contribution >= 4 is 22.8 Å². The smallest absolute Gasteiger partial charge is 0.326 e. The number of H-pyrrole nitrogens is 1. The van der Waals surface area contributed by atoms with Crippen LogP contribution in [0.15, 0.2) is 108 Å². The number of rotatable bonds is 9. The van der Waals surface area contributed by atoms with Crippen molar-refractivity contribution in [2.24, 2.45) is 0 Å². The number of nitrogens with zero attached hydrogens (tertiary/aromatic N) is 2. The van der Waals surface area contributed by atoms with Gasteiger partial charge in [0.15, 0.2) is 6.29 Å². The molecule has 0 spiro atoms. The highest BCUT2D eigenvalue weighted by Gasteiger charge is 2.34. The molecular formula is C38H41N5O5. The van der Waals surface area contributed by atoms with Gasteiger partial charge in [0.05, 0.1) is 29.8 Å². The third-order valence-electron chi connectivity index (χ3n) is 9.36. The zero-order valence-corrected chi connectivity index (χ0v) is 26.8. The van der Waals surface area contributed by atoms with Crippen LogP contribution in [0.3, 0.4) is 0 Å². The topological polar surface area (TPSA) is 121 Å². The molecular weight excluding hydrogens is 606 g/mol. The van der Waals surface area contributed by atoms with Crippen LogP contribution in [0.5, 0.6) is 0 Å². The lowest BCUT2D eigenvalue weighted by molar-refractivity contribution is -0.253. The Morgan fingerprint density at radius 2 is 1.54 bits per heavy atom. The number of carbonyl (C=O) groups is 1. The van der Waals surface area contributed by atoms with Crippen LogP contribution in [0.2, 0.25) is 0 Å². The number of aliphatic hydroxyl groups excluding tert-OH is 1. The number of urea groups is 1. The average molecular weight is 648 g/mol.